The molecule has 1 aromatic carbocycles. The molecule has 2 N–H and O–H groups in total. The smallest absolute Gasteiger partial charge is 0.291 e. The van der Waals surface area contributed by atoms with Gasteiger partial charge in [0.1, 0.15) is 11.9 Å². The first-order valence-corrected chi connectivity index (χ1v) is 10.7. The van der Waals surface area contributed by atoms with Crippen molar-refractivity contribution in [1.82, 2.24) is 15.1 Å². The molecule has 3 rings (SSSR count). The van der Waals surface area contributed by atoms with Crippen molar-refractivity contribution in [3.8, 4) is 5.75 Å². The predicted molar refractivity (Wildman–Crippen MR) is 103 cm³/mol. The largest absolute Gasteiger partial charge is 0.490 e. The number of amides is 1. The summed E-state index contributed by atoms with van der Waals surface area (Å²) in [4.78, 5) is 13.3. The molecule has 1 aliphatic rings. The SMILES string of the molecule is CC(=O)Nc1nnc(S(=O)(=O)Nc2ccc(OC3CCN(C)CC3)cc2)s1. The average molecular weight is 412 g/mol. The Morgan fingerprint density at radius 2 is 1.89 bits per heavy atom. The molecule has 27 heavy (non-hydrogen) atoms. The summed E-state index contributed by atoms with van der Waals surface area (Å²) in [6.07, 6.45) is 2.12. The van der Waals surface area contributed by atoms with E-state index in [-0.39, 0.29) is 21.5 Å². The van der Waals surface area contributed by atoms with E-state index in [2.05, 4.69) is 32.2 Å². The molecule has 0 aliphatic carbocycles. The van der Waals surface area contributed by atoms with Crippen molar-refractivity contribution < 1.29 is 17.9 Å². The van der Waals surface area contributed by atoms with Crippen LogP contribution < -0.4 is 14.8 Å². The van der Waals surface area contributed by atoms with Gasteiger partial charge in [0.2, 0.25) is 11.0 Å². The molecule has 2 heterocycles. The fourth-order valence-electron chi connectivity index (χ4n) is 2.62. The molecule has 1 fully saturated rings. The number of nitrogens with one attached hydrogen (secondary N) is 2. The highest BCUT2D eigenvalue weighted by atomic mass is 32.2. The summed E-state index contributed by atoms with van der Waals surface area (Å²) >= 11 is 0.781. The molecule has 1 aliphatic heterocycles. The van der Waals surface area contributed by atoms with E-state index in [9.17, 15) is 13.2 Å². The van der Waals surface area contributed by atoms with E-state index in [4.69, 9.17) is 4.74 Å². The number of hydrogen-bond donors (Lipinski definition) is 2. The quantitative estimate of drug-likeness (QED) is 0.697. The number of carbonyl (C=O) groups is 1. The standard InChI is InChI=1S/C16H21N5O4S2/c1-11(22)17-15-18-19-16(26-15)27(23,24)20-12-3-5-13(6-4-12)25-14-7-9-21(2)10-8-14/h3-6,14,20H,7-10H2,1-2H3,(H,17,18,22). The minimum absolute atomic E-state index is 0.129. The van der Waals surface area contributed by atoms with E-state index in [0.29, 0.717) is 11.4 Å². The van der Waals surface area contributed by atoms with Crippen LogP contribution in [0.3, 0.4) is 0 Å². The number of piperidine rings is 1. The zero-order chi connectivity index (χ0) is 19.4. The summed E-state index contributed by atoms with van der Waals surface area (Å²) in [5, 5.41) is 9.79. The Labute approximate surface area is 161 Å². The number of carbonyl (C=O) groups excluding carboxylic acids is 1. The van der Waals surface area contributed by atoms with Crippen LogP contribution in [0.25, 0.3) is 0 Å². The Kier molecular flexibility index (Phi) is 5.92. The van der Waals surface area contributed by atoms with Crippen molar-refractivity contribution in [2.75, 3.05) is 30.2 Å². The summed E-state index contributed by atoms with van der Waals surface area (Å²) in [7, 11) is -1.79. The first kappa shape index (κ1) is 19.5. The number of aromatic nitrogens is 2. The van der Waals surface area contributed by atoms with Gasteiger partial charge in [0.15, 0.2) is 0 Å². The molecular weight excluding hydrogens is 390 g/mol. The lowest BCUT2D eigenvalue weighted by Gasteiger charge is -2.29. The van der Waals surface area contributed by atoms with Crippen LogP contribution in [-0.2, 0) is 14.8 Å². The van der Waals surface area contributed by atoms with E-state index in [1.54, 1.807) is 24.3 Å². The van der Waals surface area contributed by atoms with Gasteiger partial charge in [-0.3, -0.25) is 9.52 Å². The maximum atomic E-state index is 12.4. The highest BCUT2D eigenvalue weighted by Gasteiger charge is 2.21. The van der Waals surface area contributed by atoms with Gasteiger partial charge in [0, 0.05) is 25.7 Å². The molecule has 0 atom stereocenters. The Bertz CT molecular complexity index is 890. The number of benzene rings is 1. The maximum Gasteiger partial charge on any atom is 0.291 e. The van der Waals surface area contributed by atoms with Crippen molar-refractivity contribution in [1.29, 1.82) is 0 Å². The lowest BCUT2D eigenvalue weighted by Crippen LogP contribution is -2.35. The van der Waals surface area contributed by atoms with Gasteiger partial charge >= 0.3 is 0 Å². The van der Waals surface area contributed by atoms with Gasteiger partial charge in [-0.1, -0.05) is 11.3 Å². The topological polar surface area (TPSA) is 114 Å². The number of nitrogens with zero attached hydrogens (tertiary/aromatic N) is 3. The van der Waals surface area contributed by atoms with Crippen LogP contribution >= 0.6 is 11.3 Å². The average Bonchev–Trinajstić information content (AvgIpc) is 3.07. The third-order valence-electron chi connectivity index (χ3n) is 3.99. The lowest BCUT2D eigenvalue weighted by molar-refractivity contribution is -0.114. The minimum Gasteiger partial charge on any atom is -0.490 e. The van der Waals surface area contributed by atoms with Crippen LogP contribution in [-0.4, -0.2) is 55.7 Å². The molecule has 9 nitrogen and oxygen atoms in total. The van der Waals surface area contributed by atoms with Gasteiger partial charge in [-0.2, -0.15) is 8.42 Å². The van der Waals surface area contributed by atoms with E-state index >= 15 is 0 Å². The second-order valence-electron chi connectivity index (χ2n) is 6.30. The maximum absolute atomic E-state index is 12.4. The predicted octanol–water partition coefficient (Wildman–Crippen LogP) is 1.77. The van der Waals surface area contributed by atoms with Crippen LogP contribution in [0, 0.1) is 0 Å². The van der Waals surface area contributed by atoms with E-state index in [0.717, 1.165) is 37.3 Å². The first-order chi connectivity index (χ1) is 12.8. The van der Waals surface area contributed by atoms with Crippen molar-refractivity contribution in [2.45, 2.75) is 30.2 Å². The lowest BCUT2D eigenvalue weighted by atomic mass is 10.1. The monoisotopic (exact) mass is 411 g/mol. The molecule has 11 heteroatoms. The summed E-state index contributed by atoms with van der Waals surface area (Å²) < 4.78 is 32.9. The molecule has 1 aromatic heterocycles. The third-order valence-corrected chi connectivity index (χ3v) is 6.58. The molecule has 0 bridgehead atoms. The Morgan fingerprint density at radius 3 is 2.52 bits per heavy atom. The van der Waals surface area contributed by atoms with Gasteiger partial charge in [0.05, 0.1) is 0 Å². The second-order valence-corrected chi connectivity index (χ2v) is 9.14. The number of sulfonamides is 1. The number of rotatable bonds is 6. The highest BCUT2D eigenvalue weighted by molar-refractivity contribution is 7.94. The summed E-state index contributed by atoms with van der Waals surface area (Å²) in [5.74, 6) is 0.361. The number of likely N-dealkylation sites (tertiary alicyclic amines) is 1. The Hall–Kier alpha value is -2.24. The van der Waals surface area contributed by atoms with Gasteiger partial charge in [-0.05, 0) is 44.2 Å². The second kappa shape index (κ2) is 8.19. The summed E-state index contributed by atoms with van der Waals surface area (Å²) in [6.45, 7) is 3.32. The zero-order valence-electron chi connectivity index (χ0n) is 15.0. The van der Waals surface area contributed by atoms with Crippen molar-refractivity contribution in [3.63, 3.8) is 0 Å². The van der Waals surface area contributed by atoms with Crippen LogP contribution in [0.2, 0.25) is 0 Å². The third kappa shape index (κ3) is 5.37. The van der Waals surface area contributed by atoms with Crippen LogP contribution in [0.5, 0.6) is 5.75 Å². The number of anilines is 2. The van der Waals surface area contributed by atoms with Crippen molar-refractivity contribution in [2.24, 2.45) is 0 Å². The normalized spacial score (nSPS) is 16.1. The molecule has 0 saturated carbocycles. The van der Waals surface area contributed by atoms with E-state index in [1.165, 1.54) is 6.92 Å². The molecule has 1 saturated heterocycles. The fourth-order valence-corrected chi connectivity index (χ4v) is 4.62. The molecule has 0 spiro atoms. The number of hydrogen-bond acceptors (Lipinski definition) is 8. The molecule has 1 amide bonds. The van der Waals surface area contributed by atoms with Gasteiger partial charge in [0.25, 0.3) is 14.4 Å². The van der Waals surface area contributed by atoms with E-state index < -0.39 is 10.0 Å². The Morgan fingerprint density at radius 1 is 1.22 bits per heavy atom. The van der Waals surface area contributed by atoms with Crippen molar-refractivity contribution >= 4 is 38.1 Å². The molecule has 146 valence electrons. The highest BCUT2D eigenvalue weighted by Crippen LogP contribution is 2.25. The molecule has 2 aromatic rings. The van der Waals surface area contributed by atoms with Crippen molar-refractivity contribution in [3.05, 3.63) is 24.3 Å². The summed E-state index contributed by atoms with van der Waals surface area (Å²) in [5.41, 5.74) is 0.391. The van der Waals surface area contributed by atoms with E-state index in [1.807, 2.05) is 0 Å². The van der Waals surface area contributed by atoms with Crippen LogP contribution in [0.4, 0.5) is 10.8 Å². The molecule has 0 unspecified atom stereocenters. The number of ether oxygens (including phenoxy) is 1. The summed E-state index contributed by atoms with van der Waals surface area (Å²) in [6, 6.07) is 6.74. The minimum atomic E-state index is -3.88. The fraction of sp³-hybridized carbons (Fsp3) is 0.438. The van der Waals surface area contributed by atoms with Crippen LogP contribution in [0.1, 0.15) is 19.8 Å². The zero-order valence-corrected chi connectivity index (χ0v) is 16.6. The molecule has 0 radical (unpaired) electrons. The van der Waals surface area contributed by atoms with Gasteiger partial charge in [-0.25, -0.2) is 0 Å². The molecular formula is C16H21N5O4S2. The Balaban J connectivity index is 1.61. The first-order valence-electron chi connectivity index (χ1n) is 8.41. The van der Waals surface area contributed by atoms with Crippen LogP contribution in [0.15, 0.2) is 28.6 Å². The van der Waals surface area contributed by atoms with Gasteiger partial charge in [-0.15, -0.1) is 10.2 Å². The van der Waals surface area contributed by atoms with Gasteiger partial charge < -0.3 is 15.0 Å².